The van der Waals surface area contributed by atoms with Crippen molar-refractivity contribution in [2.75, 3.05) is 0 Å². The van der Waals surface area contributed by atoms with Crippen LogP contribution in [0.3, 0.4) is 0 Å². The molecule has 4 heteroatoms. The van der Waals surface area contributed by atoms with E-state index >= 15 is 0 Å². The minimum absolute atomic E-state index is 0.175. The first-order valence-electron chi connectivity index (χ1n) is 5.18. The van der Waals surface area contributed by atoms with Gasteiger partial charge in [0, 0.05) is 21.7 Å². The van der Waals surface area contributed by atoms with E-state index in [2.05, 4.69) is 0 Å². The first-order chi connectivity index (χ1) is 8.58. The second-order valence-corrected chi connectivity index (χ2v) is 4.47. The quantitative estimate of drug-likeness (QED) is 0.629. The van der Waals surface area contributed by atoms with E-state index in [1.165, 1.54) is 6.07 Å². The molecule has 0 saturated carbocycles. The van der Waals surface area contributed by atoms with Gasteiger partial charge in [0.2, 0.25) is 0 Å². The highest BCUT2D eigenvalue weighted by Crippen LogP contribution is 2.15. The average molecular weight is 279 g/mol. The smallest absolute Gasteiger partial charge is 0.252 e. The van der Waals surface area contributed by atoms with Gasteiger partial charge in [0.25, 0.3) is 5.24 Å². The molecule has 2 rings (SSSR count). The largest absolute Gasteiger partial charge is 0.289 e. The third kappa shape index (κ3) is 2.78. The molecule has 0 atom stereocenters. The maximum atomic E-state index is 12.1. The van der Waals surface area contributed by atoms with Crippen molar-refractivity contribution in [3.8, 4) is 0 Å². The van der Waals surface area contributed by atoms with E-state index in [0.29, 0.717) is 21.7 Å². The van der Waals surface area contributed by atoms with Crippen LogP contribution >= 0.6 is 23.2 Å². The highest BCUT2D eigenvalue weighted by molar-refractivity contribution is 6.67. The Balaban J connectivity index is 2.37. The van der Waals surface area contributed by atoms with Crippen molar-refractivity contribution in [2.45, 2.75) is 0 Å². The lowest BCUT2D eigenvalue weighted by molar-refractivity contribution is 0.103. The van der Waals surface area contributed by atoms with E-state index in [9.17, 15) is 9.59 Å². The van der Waals surface area contributed by atoms with E-state index in [0.717, 1.165) is 0 Å². The minimum Gasteiger partial charge on any atom is -0.289 e. The van der Waals surface area contributed by atoms with Gasteiger partial charge in [0.05, 0.1) is 0 Å². The third-order valence-corrected chi connectivity index (χ3v) is 2.93. The molecule has 2 aromatic rings. The topological polar surface area (TPSA) is 34.1 Å². The monoisotopic (exact) mass is 278 g/mol. The first-order valence-corrected chi connectivity index (χ1v) is 5.93. The predicted octanol–water partition coefficient (Wildman–Crippen LogP) is 3.95. The maximum absolute atomic E-state index is 12.1. The highest BCUT2D eigenvalue weighted by Gasteiger charge is 2.11. The number of halogens is 2. The Hall–Kier alpha value is -1.64. The molecule has 0 aliphatic heterocycles. The second-order valence-electron chi connectivity index (χ2n) is 3.69. The lowest BCUT2D eigenvalue weighted by atomic mass is 10.0. The van der Waals surface area contributed by atoms with Crippen molar-refractivity contribution >= 4 is 34.2 Å². The van der Waals surface area contributed by atoms with Gasteiger partial charge in [-0.2, -0.15) is 0 Å². The van der Waals surface area contributed by atoms with Gasteiger partial charge in [0.15, 0.2) is 5.78 Å². The lowest BCUT2D eigenvalue weighted by Gasteiger charge is -2.02. The first kappa shape index (κ1) is 12.8. The average Bonchev–Trinajstić information content (AvgIpc) is 2.39. The molecular weight excluding hydrogens is 271 g/mol. The summed E-state index contributed by atoms with van der Waals surface area (Å²) >= 11 is 11.1. The van der Waals surface area contributed by atoms with E-state index < -0.39 is 5.24 Å². The van der Waals surface area contributed by atoms with Crippen molar-refractivity contribution in [3.63, 3.8) is 0 Å². The number of rotatable bonds is 3. The van der Waals surface area contributed by atoms with Gasteiger partial charge in [-0.3, -0.25) is 9.59 Å². The summed E-state index contributed by atoms with van der Waals surface area (Å²) in [6, 6.07) is 12.9. The van der Waals surface area contributed by atoms with Gasteiger partial charge in [-0.25, -0.2) is 0 Å². The van der Waals surface area contributed by atoms with Crippen LogP contribution in [-0.4, -0.2) is 11.0 Å². The molecule has 0 radical (unpaired) electrons. The molecule has 0 aromatic heterocycles. The molecular formula is C14H8Cl2O2. The van der Waals surface area contributed by atoms with Crippen LogP contribution in [0.5, 0.6) is 0 Å². The normalized spacial score (nSPS) is 10.1. The summed E-state index contributed by atoms with van der Waals surface area (Å²) in [5.74, 6) is -0.175. The molecule has 0 bridgehead atoms. The standard InChI is InChI=1S/C14H8Cl2O2/c15-12-6-4-9(5-7-12)13(17)10-2-1-3-11(8-10)14(16)18/h1-8H. The van der Waals surface area contributed by atoms with E-state index in [1.807, 2.05) is 0 Å². The molecule has 0 spiro atoms. The van der Waals surface area contributed by atoms with E-state index in [4.69, 9.17) is 23.2 Å². The van der Waals surface area contributed by atoms with Crippen LogP contribution in [0.15, 0.2) is 48.5 Å². The maximum Gasteiger partial charge on any atom is 0.252 e. The lowest BCUT2D eigenvalue weighted by Crippen LogP contribution is -2.02. The summed E-state index contributed by atoms with van der Waals surface area (Å²) in [6.45, 7) is 0. The van der Waals surface area contributed by atoms with Gasteiger partial charge in [-0.1, -0.05) is 29.8 Å². The molecule has 2 aromatic carbocycles. The van der Waals surface area contributed by atoms with Gasteiger partial charge in [0.1, 0.15) is 0 Å². The van der Waals surface area contributed by atoms with Crippen molar-refractivity contribution in [1.82, 2.24) is 0 Å². The van der Waals surface area contributed by atoms with Crippen LogP contribution < -0.4 is 0 Å². The summed E-state index contributed by atoms with van der Waals surface area (Å²) in [6.07, 6.45) is 0. The van der Waals surface area contributed by atoms with Crippen LogP contribution in [0, 0.1) is 0 Å². The van der Waals surface area contributed by atoms with E-state index in [-0.39, 0.29) is 5.78 Å². The molecule has 0 amide bonds. The summed E-state index contributed by atoms with van der Waals surface area (Å²) in [4.78, 5) is 23.2. The van der Waals surface area contributed by atoms with Crippen LogP contribution in [0.2, 0.25) is 5.02 Å². The Morgan fingerprint density at radius 2 is 1.44 bits per heavy atom. The van der Waals surface area contributed by atoms with Crippen LogP contribution in [0.4, 0.5) is 0 Å². The van der Waals surface area contributed by atoms with Crippen LogP contribution in [0.25, 0.3) is 0 Å². The molecule has 0 N–H and O–H groups in total. The van der Waals surface area contributed by atoms with Crippen molar-refractivity contribution < 1.29 is 9.59 Å². The fourth-order valence-electron chi connectivity index (χ4n) is 1.55. The second kappa shape index (κ2) is 5.34. The van der Waals surface area contributed by atoms with Gasteiger partial charge < -0.3 is 0 Å². The SMILES string of the molecule is O=C(Cl)c1cccc(C(=O)c2ccc(Cl)cc2)c1. The summed E-state index contributed by atoms with van der Waals surface area (Å²) in [7, 11) is 0. The third-order valence-electron chi connectivity index (χ3n) is 2.46. The zero-order valence-electron chi connectivity index (χ0n) is 9.19. The van der Waals surface area contributed by atoms with Crippen molar-refractivity contribution in [2.24, 2.45) is 0 Å². The number of hydrogen-bond acceptors (Lipinski definition) is 2. The van der Waals surface area contributed by atoms with E-state index in [1.54, 1.807) is 42.5 Å². The Morgan fingerprint density at radius 3 is 2.06 bits per heavy atom. The molecule has 0 aliphatic carbocycles. The van der Waals surface area contributed by atoms with Crippen molar-refractivity contribution in [1.29, 1.82) is 0 Å². The molecule has 2 nitrogen and oxygen atoms in total. The number of carbonyl (C=O) groups is 2. The fraction of sp³-hybridized carbons (Fsp3) is 0. The Morgan fingerprint density at radius 1 is 0.833 bits per heavy atom. The molecule has 0 unspecified atom stereocenters. The zero-order chi connectivity index (χ0) is 13.1. The molecule has 0 aliphatic rings. The molecule has 0 saturated heterocycles. The van der Waals surface area contributed by atoms with Crippen molar-refractivity contribution in [3.05, 3.63) is 70.2 Å². The highest BCUT2D eigenvalue weighted by atomic mass is 35.5. The summed E-state index contributed by atoms with van der Waals surface area (Å²) < 4.78 is 0. The van der Waals surface area contributed by atoms with Gasteiger partial charge in [-0.05, 0) is 41.9 Å². The zero-order valence-corrected chi connectivity index (χ0v) is 10.7. The Kier molecular flexibility index (Phi) is 3.80. The summed E-state index contributed by atoms with van der Waals surface area (Å²) in [5, 5.41) is -0.0167. The summed E-state index contributed by atoms with van der Waals surface area (Å²) in [5.41, 5.74) is 1.24. The Bertz CT molecular complexity index is 603. The Labute approximate surface area is 114 Å². The van der Waals surface area contributed by atoms with Gasteiger partial charge in [-0.15, -0.1) is 0 Å². The molecule has 18 heavy (non-hydrogen) atoms. The number of carbonyl (C=O) groups excluding carboxylic acids is 2. The van der Waals surface area contributed by atoms with Crippen LogP contribution in [0.1, 0.15) is 26.3 Å². The van der Waals surface area contributed by atoms with Crippen LogP contribution in [-0.2, 0) is 0 Å². The molecule has 0 heterocycles. The predicted molar refractivity (Wildman–Crippen MR) is 71.5 cm³/mol. The molecule has 90 valence electrons. The van der Waals surface area contributed by atoms with Gasteiger partial charge >= 0.3 is 0 Å². The number of ketones is 1. The minimum atomic E-state index is -0.583. The molecule has 0 fully saturated rings. The number of benzene rings is 2. The number of hydrogen-bond donors (Lipinski definition) is 0. The fourth-order valence-corrected chi connectivity index (χ4v) is 1.79.